The fourth-order valence-electron chi connectivity index (χ4n) is 4.97. The van der Waals surface area contributed by atoms with Crippen molar-refractivity contribution < 1.29 is 28.2 Å². The topological polar surface area (TPSA) is 84.7 Å². The summed E-state index contributed by atoms with van der Waals surface area (Å²) in [5.74, 6) is 1.74. The van der Waals surface area contributed by atoms with Crippen LogP contribution in [0, 0.1) is 0 Å². The lowest BCUT2D eigenvalue weighted by Crippen LogP contribution is -2.44. The molecule has 2 aliphatic rings. The maximum atomic E-state index is 13.8. The average Bonchev–Trinajstić information content (AvgIpc) is 3.68. The molecule has 40 heavy (non-hydrogen) atoms. The molecule has 0 aliphatic carbocycles. The van der Waals surface area contributed by atoms with Crippen LogP contribution in [0.15, 0.2) is 65.3 Å². The number of nitrogens with zero attached hydrogens (tertiary/aromatic N) is 3. The first-order valence-electron chi connectivity index (χ1n) is 14.0. The van der Waals surface area contributed by atoms with Crippen LogP contribution in [0.1, 0.15) is 40.6 Å². The molecular weight excluding hydrogens is 510 g/mol. The first-order chi connectivity index (χ1) is 19.6. The molecule has 212 valence electrons. The van der Waals surface area contributed by atoms with Crippen molar-refractivity contribution in [3.63, 3.8) is 0 Å². The minimum absolute atomic E-state index is 0.0251. The Morgan fingerprint density at radius 2 is 1.68 bits per heavy atom. The van der Waals surface area contributed by atoms with Crippen molar-refractivity contribution in [1.29, 1.82) is 0 Å². The van der Waals surface area contributed by atoms with Crippen LogP contribution in [0.25, 0.3) is 0 Å². The number of fused-ring (bicyclic) bond motifs is 1. The van der Waals surface area contributed by atoms with Gasteiger partial charge >= 0.3 is 0 Å². The van der Waals surface area contributed by atoms with E-state index in [1.807, 2.05) is 48.5 Å². The molecule has 5 rings (SSSR count). The number of amides is 2. The molecule has 1 saturated heterocycles. The quantitative estimate of drug-likeness (QED) is 0.339. The normalized spacial score (nSPS) is 14.7. The molecule has 2 aromatic carbocycles. The van der Waals surface area contributed by atoms with Crippen molar-refractivity contribution in [3.05, 3.63) is 83.3 Å². The fourth-order valence-corrected chi connectivity index (χ4v) is 4.97. The molecule has 0 bridgehead atoms. The van der Waals surface area contributed by atoms with E-state index in [0.29, 0.717) is 42.5 Å². The zero-order valence-electron chi connectivity index (χ0n) is 23.0. The van der Waals surface area contributed by atoms with Gasteiger partial charge in [0.2, 0.25) is 12.7 Å². The molecular formula is C31H37N3O6. The number of benzene rings is 2. The molecule has 9 nitrogen and oxygen atoms in total. The lowest BCUT2D eigenvalue weighted by Gasteiger charge is -2.30. The minimum Gasteiger partial charge on any atom is -0.467 e. The summed E-state index contributed by atoms with van der Waals surface area (Å²) in [6.07, 6.45) is 3.27. The van der Waals surface area contributed by atoms with E-state index in [1.165, 1.54) is 5.56 Å². The van der Waals surface area contributed by atoms with E-state index in [1.54, 1.807) is 22.1 Å². The molecule has 3 heterocycles. The van der Waals surface area contributed by atoms with Gasteiger partial charge in [0.25, 0.3) is 5.91 Å². The number of carbonyl (C=O) groups excluding carboxylic acids is 2. The SMILES string of the molecule is CCc1ccc(C(=O)N(CCCN2CCOCC2)CC(=O)N(Cc2ccc3c(c2)OCO3)Cc2ccco2)cc1. The molecule has 2 aliphatic heterocycles. The Labute approximate surface area is 235 Å². The van der Waals surface area contributed by atoms with Gasteiger partial charge in [0.1, 0.15) is 12.3 Å². The Balaban J connectivity index is 1.32. The van der Waals surface area contributed by atoms with Crippen LogP contribution in [-0.4, -0.2) is 79.2 Å². The largest absolute Gasteiger partial charge is 0.467 e. The second kappa shape index (κ2) is 13.5. The molecule has 0 N–H and O–H groups in total. The number of aryl methyl sites for hydroxylation is 1. The predicted octanol–water partition coefficient (Wildman–Crippen LogP) is 3.96. The number of carbonyl (C=O) groups is 2. The standard InChI is InChI=1S/C31H37N3O6/c1-2-24-6-9-26(10-7-24)31(36)33(13-4-12-32-14-17-37-18-15-32)22-30(35)34(21-27-5-3-16-38-27)20-25-8-11-28-29(19-25)40-23-39-28/h3,5-11,16,19H,2,4,12-15,17-18,20-23H2,1H3. The molecule has 1 aromatic heterocycles. The third-order valence-electron chi connectivity index (χ3n) is 7.32. The first kappa shape index (κ1) is 27.7. The number of hydrogen-bond donors (Lipinski definition) is 0. The lowest BCUT2D eigenvalue weighted by molar-refractivity contribution is -0.133. The van der Waals surface area contributed by atoms with Crippen molar-refractivity contribution in [2.24, 2.45) is 0 Å². The Morgan fingerprint density at radius 3 is 2.42 bits per heavy atom. The minimum atomic E-state index is -0.154. The van der Waals surface area contributed by atoms with Crippen molar-refractivity contribution in [2.45, 2.75) is 32.9 Å². The van der Waals surface area contributed by atoms with Crippen LogP contribution in [0.5, 0.6) is 11.5 Å². The van der Waals surface area contributed by atoms with Gasteiger partial charge in [0, 0.05) is 38.3 Å². The summed E-state index contributed by atoms with van der Waals surface area (Å²) in [5.41, 5.74) is 2.66. The van der Waals surface area contributed by atoms with Crippen molar-refractivity contribution in [2.75, 3.05) is 52.7 Å². The molecule has 0 spiro atoms. The molecule has 1 fully saturated rings. The van der Waals surface area contributed by atoms with Gasteiger partial charge in [-0.05, 0) is 60.4 Å². The zero-order valence-corrected chi connectivity index (χ0v) is 23.0. The highest BCUT2D eigenvalue weighted by Crippen LogP contribution is 2.33. The van der Waals surface area contributed by atoms with Gasteiger partial charge in [-0.1, -0.05) is 25.1 Å². The van der Waals surface area contributed by atoms with Crippen LogP contribution in [0.3, 0.4) is 0 Å². The molecule has 2 amide bonds. The van der Waals surface area contributed by atoms with Gasteiger partial charge in [-0.3, -0.25) is 14.5 Å². The van der Waals surface area contributed by atoms with E-state index in [2.05, 4.69) is 11.8 Å². The summed E-state index contributed by atoms with van der Waals surface area (Å²) in [6.45, 7) is 7.45. The van der Waals surface area contributed by atoms with Crippen molar-refractivity contribution in [1.82, 2.24) is 14.7 Å². The third kappa shape index (κ3) is 7.22. The number of ether oxygens (including phenoxy) is 3. The summed E-state index contributed by atoms with van der Waals surface area (Å²) in [5, 5.41) is 0. The number of morpholine rings is 1. The van der Waals surface area contributed by atoms with Crippen LogP contribution >= 0.6 is 0 Å². The Bertz CT molecular complexity index is 1250. The maximum absolute atomic E-state index is 13.8. The number of hydrogen-bond acceptors (Lipinski definition) is 7. The summed E-state index contributed by atoms with van der Waals surface area (Å²) in [6, 6.07) is 17.0. The Hall–Kier alpha value is -3.82. The Kier molecular flexibility index (Phi) is 9.36. The van der Waals surface area contributed by atoms with Gasteiger partial charge in [-0.15, -0.1) is 0 Å². The van der Waals surface area contributed by atoms with Crippen molar-refractivity contribution in [3.8, 4) is 11.5 Å². The lowest BCUT2D eigenvalue weighted by atomic mass is 10.1. The van der Waals surface area contributed by atoms with E-state index in [4.69, 9.17) is 18.6 Å². The molecule has 3 aromatic rings. The van der Waals surface area contributed by atoms with Gasteiger partial charge in [0.15, 0.2) is 11.5 Å². The van der Waals surface area contributed by atoms with Crippen LogP contribution < -0.4 is 9.47 Å². The van der Waals surface area contributed by atoms with E-state index < -0.39 is 0 Å². The van der Waals surface area contributed by atoms with Gasteiger partial charge in [-0.2, -0.15) is 0 Å². The highest BCUT2D eigenvalue weighted by atomic mass is 16.7. The van der Waals surface area contributed by atoms with Crippen LogP contribution in [0.4, 0.5) is 0 Å². The van der Waals surface area contributed by atoms with Gasteiger partial charge in [0.05, 0.1) is 26.0 Å². The second-order valence-electron chi connectivity index (χ2n) is 10.1. The maximum Gasteiger partial charge on any atom is 0.254 e. The predicted molar refractivity (Wildman–Crippen MR) is 149 cm³/mol. The summed E-state index contributed by atoms with van der Waals surface area (Å²) in [7, 11) is 0. The van der Waals surface area contributed by atoms with E-state index in [0.717, 1.165) is 51.3 Å². The summed E-state index contributed by atoms with van der Waals surface area (Å²) >= 11 is 0. The fraction of sp³-hybridized carbons (Fsp3) is 0.419. The smallest absolute Gasteiger partial charge is 0.254 e. The molecule has 0 radical (unpaired) electrons. The van der Waals surface area contributed by atoms with E-state index >= 15 is 0 Å². The average molecular weight is 548 g/mol. The molecule has 9 heteroatoms. The first-order valence-corrected chi connectivity index (χ1v) is 14.0. The molecule has 0 saturated carbocycles. The third-order valence-corrected chi connectivity index (χ3v) is 7.32. The van der Waals surface area contributed by atoms with Crippen LogP contribution in [0.2, 0.25) is 0 Å². The highest BCUT2D eigenvalue weighted by molar-refractivity contribution is 5.96. The Morgan fingerprint density at radius 1 is 0.900 bits per heavy atom. The summed E-state index contributed by atoms with van der Waals surface area (Å²) < 4.78 is 22.0. The highest BCUT2D eigenvalue weighted by Gasteiger charge is 2.24. The van der Waals surface area contributed by atoms with Gasteiger partial charge in [-0.25, -0.2) is 0 Å². The van der Waals surface area contributed by atoms with Gasteiger partial charge < -0.3 is 28.4 Å². The zero-order chi connectivity index (χ0) is 27.7. The van der Waals surface area contributed by atoms with Crippen molar-refractivity contribution >= 4 is 11.8 Å². The molecule has 0 atom stereocenters. The van der Waals surface area contributed by atoms with E-state index in [-0.39, 0.29) is 25.2 Å². The second-order valence-corrected chi connectivity index (χ2v) is 10.1. The monoisotopic (exact) mass is 547 g/mol. The molecule has 0 unspecified atom stereocenters. The summed E-state index contributed by atoms with van der Waals surface area (Å²) in [4.78, 5) is 33.2. The number of furan rings is 1. The van der Waals surface area contributed by atoms with E-state index in [9.17, 15) is 9.59 Å². The number of rotatable bonds is 12. The van der Waals surface area contributed by atoms with Crippen LogP contribution in [-0.2, 0) is 29.0 Å².